The molecule has 78 valence electrons. The van der Waals surface area contributed by atoms with Gasteiger partial charge in [-0.1, -0.05) is 43.7 Å². The molecule has 0 aliphatic heterocycles. The monoisotopic (exact) mass is 192 g/mol. The Balaban J connectivity index is 2.74. The summed E-state index contributed by atoms with van der Waals surface area (Å²) >= 11 is 0. The van der Waals surface area contributed by atoms with E-state index >= 15 is 0 Å². The third-order valence-corrected chi connectivity index (χ3v) is 2.91. The summed E-state index contributed by atoms with van der Waals surface area (Å²) in [5.74, 6) is 0. The first kappa shape index (κ1) is 11.3. The van der Waals surface area contributed by atoms with Crippen LogP contribution in [0.4, 0.5) is 0 Å². The maximum atomic E-state index is 9.60. The van der Waals surface area contributed by atoms with Crippen molar-refractivity contribution in [3.63, 3.8) is 0 Å². The van der Waals surface area contributed by atoms with Gasteiger partial charge in [0.15, 0.2) is 0 Å². The highest BCUT2D eigenvalue weighted by Gasteiger charge is 2.24. The smallest absolute Gasteiger partial charge is 0.0566 e. The topological polar surface area (TPSA) is 20.2 Å². The van der Waals surface area contributed by atoms with Gasteiger partial charge in [0.05, 0.1) is 6.10 Å². The van der Waals surface area contributed by atoms with Gasteiger partial charge >= 0.3 is 0 Å². The molecule has 1 heteroatoms. The highest BCUT2D eigenvalue weighted by atomic mass is 16.3. The van der Waals surface area contributed by atoms with E-state index in [0.717, 1.165) is 6.42 Å². The van der Waals surface area contributed by atoms with Crippen LogP contribution < -0.4 is 0 Å². The molecule has 0 bridgehead atoms. The first-order chi connectivity index (χ1) is 6.42. The summed E-state index contributed by atoms with van der Waals surface area (Å²) in [6, 6.07) is 8.51. The van der Waals surface area contributed by atoms with Crippen LogP contribution in [-0.2, 0) is 6.42 Å². The van der Waals surface area contributed by atoms with Crippen molar-refractivity contribution in [2.24, 2.45) is 5.41 Å². The largest absolute Gasteiger partial charge is 0.393 e. The van der Waals surface area contributed by atoms with Crippen molar-refractivity contribution < 1.29 is 5.11 Å². The van der Waals surface area contributed by atoms with Crippen LogP contribution in [0.5, 0.6) is 0 Å². The molecular weight excluding hydrogens is 172 g/mol. The Morgan fingerprint density at radius 1 is 1.21 bits per heavy atom. The molecular formula is C13H20O. The Kier molecular flexibility index (Phi) is 3.33. The Labute approximate surface area is 86.8 Å². The first-order valence-corrected chi connectivity index (χ1v) is 5.15. The molecule has 1 unspecified atom stereocenters. The van der Waals surface area contributed by atoms with Gasteiger partial charge in [0.1, 0.15) is 0 Å². The summed E-state index contributed by atoms with van der Waals surface area (Å²) in [6.45, 7) is 8.13. The van der Waals surface area contributed by atoms with E-state index in [4.69, 9.17) is 0 Å². The Bertz CT molecular complexity index is 283. The molecule has 0 aliphatic carbocycles. The number of hydrogen-bond acceptors (Lipinski definition) is 1. The average molecular weight is 192 g/mol. The van der Waals surface area contributed by atoms with Crippen LogP contribution in [0.3, 0.4) is 0 Å². The van der Waals surface area contributed by atoms with Gasteiger partial charge < -0.3 is 5.11 Å². The molecule has 1 nitrogen and oxygen atoms in total. The Morgan fingerprint density at radius 3 is 2.14 bits per heavy atom. The number of aliphatic hydroxyl groups excluding tert-OH is 1. The lowest BCUT2D eigenvalue weighted by atomic mass is 9.81. The molecule has 1 aromatic carbocycles. The summed E-state index contributed by atoms with van der Waals surface area (Å²) in [7, 11) is 0. The third-order valence-electron chi connectivity index (χ3n) is 2.91. The Hall–Kier alpha value is -0.820. The van der Waals surface area contributed by atoms with Crippen LogP contribution in [0.25, 0.3) is 0 Å². The van der Waals surface area contributed by atoms with Crippen LogP contribution in [0.2, 0.25) is 0 Å². The van der Waals surface area contributed by atoms with Crippen LogP contribution in [0, 0.1) is 12.3 Å². The minimum Gasteiger partial charge on any atom is -0.393 e. The van der Waals surface area contributed by atoms with Crippen molar-refractivity contribution in [3.8, 4) is 0 Å². The fourth-order valence-electron chi connectivity index (χ4n) is 1.38. The minimum atomic E-state index is -0.274. The molecule has 0 saturated carbocycles. The number of hydrogen-bond donors (Lipinski definition) is 1. The van der Waals surface area contributed by atoms with Crippen molar-refractivity contribution in [1.82, 2.24) is 0 Å². The molecule has 1 aromatic rings. The number of rotatable bonds is 3. The fraction of sp³-hybridized carbons (Fsp3) is 0.538. The van der Waals surface area contributed by atoms with Gasteiger partial charge in [-0.3, -0.25) is 0 Å². The molecule has 14 heavy (non-hydrogen) atoms. The number of aliphatic hydroxyl groups is 1. The second kappa shape index (κ2) is 4.14. The molecule has 1 rings (SSSR count). The van der Waals surface area contributed by atoms with E-state index in [0.29, 0.717) is 0 Å². The van der Waals surface area contributed by atoms with Gasteiger partial charge in [0, 0.05) is 0 Å². The van der Waals surface area contributed by atoms with E-state index in [9.17, 15) is 5.11 Å². The minimum absolute atomic E-state index is 0.0464. The summed E-state index contributed by atoms with van der Waals surface area (Å²) in [5, 5.41) is 9.60. The standard InChI is InChI=1S/C13H20O/c1-10-5-7-12(8-6-10)9-13(3,4)11(2)14/h5-8,11,14H,9H2,1-4H3. The molecule has 1 atom stereocenters. The molecule has 0 spiro atoms. The van der Waals surface area contributed by atoms with Gasteiger partial charge in [0.2, 0.25) is 0 Å². The van der Waals surface area contributed by atoms with Crippen LogP contribution in [0.1, 0.15) is 31.9 Å². The van der Waals surface area contributed by atoms with Gasteiger partial charge in [-0.15, -0.1) is 0 Å². The average Bonchev–Trinajstić information content (AvgIpc) is 2.08. The van der Waals surface area contributed by atoms with Crippen LogP contribution >= 0.6 is 0 Å². The second-order valence-corrected chi connectivity index (χ2v) is 4.83. The SMILES string of the molecule is Cc1ccc(CC(C)(C)C(C)O)cc1. The zero-order valence-corrected chi connectivity index (χ0v) is 9.54. The van der Waals surface area contributed by atoms with Crippen molar-refractivity contribution in [2.75, 3.05) is 0 Å². The molecule has 0 radical (unpaired) electrons. The zero-order chi connectivity index (χ0) is 10.8. The lowest BCUT2D eigenvalue weighted by Gasteiger charge is -2.28. The highest BCUT2D eigenvalue weighted by molar-refractivity contribution is 5.22. The molecule has 0 aliphatic rings. The van der Waals surface area contributed by atoms with E-state index in [1.54, 1.807) is 0 Å². The van der Waals surface area contributed by atoms with E-state index in [2.05, 4.69) is 45.0 Å². The Morgan fingerprint density at radius 2 is 1.71 bits per heavy atom. The van der Waals surface area contributed by atoms with Crippen molar-refractivity contribution in [2.45, 2.75) is 40.2 Å². The van der Waals surface area contributed by atoms with Crippen molar-refractivity contribution >= 4 is 0 Å². The van der Waals surface area contributed by atoms with Crippen molar-refractivity contribution in [1.29, 1.82) is 0 Å². The quantitative estimate of drug-likeness (QED) is 0.780. The van der Waals surface area contributed by atoms with Gasteiger partial charge in [-0.25, -0.2) is 0 Å². The van der Waals surface area contributed by atoms with Gasteiger partial charge in [-0.2, -0.15) is 0 Å². The maximum absolute atomic E-state index is 9.60. The normalized spacial score (nSPS) is 14.1. The highest BCUT2D eigenvalue weighted by Crippen LogP contribution is 2.25. The molecule has 0 heterocycles. The maximum Gasteiger partial charge on any atom is 0.0566 e. The van der Waals surface area contributed by atoms with E-state index in [-0.39, 0.29) is 11.5 Å². The van der Waals surface area contributed by atoms with Crippen LogP contribution in [0.15, 0.2) is 24.3 Å². The van der Waals surface area contributed by atoms with Gasteiger partial charge in [0.25, 0.3) is 0 Å². The van der Waals surface area contributed by atoms with Gasteiger partial charge in [-0.05, 0) is 31.2 Å². The first-order valence-electron chi connectivity index (χ1n) is 5.15. The summed E-state index contributed by atoms with van der Waals surface area (Å²) < 4.78 is 0. The molecule has 1 N–H and O–H groups in total. The fourth-order valence-corrected chi connectivity index (χ4v) is 1.38. The summed E-state index contributed by atoms with van der Waals surface area (Å²) in [4.78, 5) is 0. The zero-order valence-electron chi connectivity index (χ0n) is 9.54. The summed E-state index contributed by atoms with van der Waals surface area (Å²) in [6.07, 6.45) is 0.647. The molecule has 0 aromatic heterocycles. The van der Waals surface area contributed by atoms with Crippen molar-refractivity contribution in [3.05, 3.63) is 35.4 Å². The predicted molar refractivity (Wildman–Crippen MR) is 60.3 cm³/mol. The van der Waals surface area contributed by atoms with E-state index < -0.39 is 0 Å². The lowest BCUT2D eigenvalue weighted by Crippen LogP contribution is -2.28. The number of benzene rings is 1. The molecule has 0 fully saturated rings. The van der Waals surface area contributed by atoms with E-state index in [1.807, 2.05) is 6.92 Å². The summed E-state index contributed by atoms with van der Waals surface area (Å²) in [5.41, 5.74) is 2.53. The number of aryl methyl sites for hydroxylation is 1. The molecule has 0 saturated heterocycles. The predicted octanol–water partition coefficient (Wildman–Crippen LogP) is 2.94. The van der Waals surface area contributed by atoms with Crippen LogP contribution in [-0.4, -0.2) is 11.2 Å². The third kappa shape index (κ3) is 2.85. The molecule has 0 amide bonds. The van der Waals surface area contributed by atoms with E-state index in [1.165, 1.54) is 11.1 Å². The lowest BCUT2D eigenvalue weighted by molar-refractivity contribution is 0.0665. The second-order valence-electron chi connectivity index (χ2n) is 4.83.